The molecule has 144 valence electrons. The van der Waals surface area contributed by atoms with Gasteiger partial charge in [-0.1, -0.05) is 46.3 Å². The third-order valence-corrected chi connectivity index (χ3v) is 6.34. The van der Waals surface area contributed by atoms with E-state index in [1.54, 1.807) is 17.0 Å². The van der Waals surface area contributed by atoms with E-state index in [2.05, 4.69) is 20.7 Å². The van der Waals surface area contributed by atoms with E-state index >= 15 is 0 Å². The van der Waals surface area contributed by atoms with Crippen LogP contribution in [0.2, 0.25) is 0 Å². The van der Waals surface area contributed by atoms with E-state index in [0.29, 0.717) is 26.3 Å². The van der Waals surface area contributed by atoms with Gasteiger partial charge in [-0.2, -0.15) is 4.72 Å². The molecule has 1 fully saturated rings. The van der Waals surface area contributed by atoms with E-state index in [4.69, 9.17) is 4.74 Å². The van der Waals surface area contributed by atoms with E-state index in [-0.39, 0.29) is 17.2 Å². The van der Waals surface area contributed by atoms with Crippen molar-refractivity contribution in [3.8, 4) is 0 Å². The van der Waals surface area contributed by atoms with Crippen LogP contribution in [0.1, 0.15) is 5.56 Å². The fraction of sp³-hybridized carbons (Fsp3) is 0.316. The lowest BCUT2D eigenvalue weighted by Crippen LogP contribution is -2.52. The van der Waals surface area contributed by atoms with Crippen LogP contribution >= 0.6 is 15.9 Å². The second-order valence-corrected chi connectivity index (χ2v) is 8.88. The molecule has 1 saturated heterocycles. The first-order valence-corrected chi connectivity index (χ1v) is 10.9. The molecule has 0 bridgehead atoms. The summed E-state index contributed by atoms with van der Waals surface area (Å²) in [5, 5.41) is 0. The normalized spacial score (nSPS) is 16.1. The third-order valence-electron chi connectivity index (χ3n) is 4.32. The van der Waals surface area contributed by atoms with Gasteiger partial charge in [0.05, 0.1) is 18.1 Å². The highest BCUT2D eigenvalue weighted by molar-refractivity contribution is 9.10. The molecule has 0 aliphatic carbocycles. The number of ether oxygens (including phenoxy) is 1. The first kappa shape index (κ1) is 20.0. The van der Waals surface area contributed by atoms with E-state index < -0.39 is 16.1 Å². The Morgan fingerprint density at radius 1 is 1.07 bits per heavy atom. The van der Waals surface area contributed by atoms with Crippen LogP contribution in [0.25, 0.3) is 0 Å². The minimum atomic E-state index is -3.83. The minimum absolute atomic E-state index is 0.124. The van der Waals surface area contributed by atoms with Crippen LogP contribution in [0.3, 0.4) is 0 Å². The SMILES string of the molecule is O=C([C@H](Cc1ccccc1)NS(=O)(=O)c1ccc(Br)cc1)N1CCOCC1. The molecule has 1 heterocycles. The van der Waals surface area contributed by atoms with Gasteiger partial charge in [0.1, 0.15) is 6.04 Å². The molecule has 27 heavy (non-hydrogen) atoms. The summed E-state index contributed by atoms with van der Waals surface area (Å²) in [6.07, 6.45) is 0.285. The number of hydrogen-bond acceptors (Lipinski definition) is 4. The summed E-state index contributed by atoms with van der Waals surface area (Å²) in [5.41, 5.74) is 0.891. The number of nitrogens with zero attached hydrogens (tertiary/aromatic N) is 1. The number of morpholine rings is 1. The van der Waals surface area contributed by atoms with Gasteiger partial charge in [0.15, 0.2) is 0 Å². The molecular formula is C19H21BrN2O4S. The van der Waals surface area contributed by atoms with Crippen molar-refractivity contribution in [2.75, 3.05) is 26.3 Å². The maximum absolute atomic E-state index is 13.0. The Labute approximate surface area is 167 Å². The highest BCUT2D eigenvalue weighted by Crippen LogP contribution is 2.16. The number of sulfonamides is 1. The molecular weight excluding hydrogens is 432 g/mol. The minimum Gasteiger partial charge on any atom is -0.378 e. The summed E-state index contributed by atoms with van der Waals surface area (Å²) in [6.45, 7) is 1.85. The van der Waals surface area contributed by atoms with Crippen molar-refractivity contribution >= 4 is 31.9 Å². The van der Waals surface area contributed by atoms with Crippen molar-refractivity contribution < 1.29 is 17.9 Å². The number of carbonyl (C=O) groups excluding carboxylic acids is 1. The number of rotatable bonds is 6. The molecule has 0 spiro atoms. The van der Waals surface area contributed by atoms with Gasteiger partial charge in [0.25, 0.3) is 0 Å². The number of hydrogen-bond donors (Lipinski definition) is 1. The third kappa shape index (κ3) is 5.38. The van der Waals surface area contributed by atoms with Gasteiger partial charge in [0, 0.05) is 17.6 Å². The number of halogens is 1. The first-order chi connectivity index (χ1) is 13.0. The molecule has 0 unspecified atom stereocenters. The molecule has 1 aliphatic rings. The summed E-state index contributed by atoms with van der Waals surface area (Å²) in [4.78, 5) is 14.8. The lowest BCUT2D eigenvalue weighted by Gasteiger charge is -2.30. The molecule has 6 nitrogen and oxygen atoms in total. The van der Waals surface area contributed by atoms with Gasteiger partial charge in [0.2, 0.25) is 15.9 Å². The van der Waals surface area contributed by atoms with Crippen LogP contribution in [-0.4, -0.2) is 51.6 Å². The largest absolute Gasteiger partial charge is 0.378 e. The van der Waals surface area contributed by atoms with Crippen molar-refractivity contribution in [2.45, 2.75) is 17.4 Å². The molecule has 8 heteroatoms. The number of carbonyl (C=O) groups is 1. The molecule has 0 saturated carbocycles. The standard InChI is InChI=1S/C19H21BrN2O4S/c20-16-6-8-17(9-7-16)27(24,25)21-18(14-15-4-2-1-3-5-15)19(23)22-10-12-26-13-11-22/h1-9,18,21H,10-14H2/t18-/m0/s1. The molecule has 1 amide bonds. The highest BCUT2D eigenvalue weighted by Gasteiger charge is 2.30. The number of amides is 1. The molecule has 3 rings (SSSR count). The average Bonchev–Trinajstić information content (AvgIpc) is 2.68. The molecule has 1 N–H and O–H groups in total. The summed E-state index contributed by atoms with van der Waals surface area (Å²) < 4.78 is 34.3. The fourth-order valence-electron chi connectivity index (χ4n) is 2.90. The predicted molar refractivity (Wildman–Crippen MR) is 106 cm³/mol. The Morgan fingerprint density at radius 2 is 1.70 bits per heavy atom. The fourth-order valence-corrected chi connectivity index (χ4v) is 4.36. The Morgan fingerprint density at radius 3 is 2.33 bits per heavy atom. The van der Waals surface area contributed by atoms with E-state index in [0.717, 1.165) is 10.0 Å². The number of nitrogens with one attached hydrogen (secondary N) is 1. The predicted octanol–water partition coefficient (Wildman–Crippen LogP) is 2.20. The lowest BCUT2D eigenvalue weighted by molar-refractivity contribution is -0.137. The highest BCUT2D eigenvalue weighted by atomic mass is 79.9. The molecule has 2 aromatic carbocycles. The van der Waals surface area contributed by atoms with Gasteiger partial charge in [-0.3, -0.25) is 4.79 Å². The van der Waals surface area contributed by atoms with E-state index in [9.17, 15) is 13.2 Å². The van der Waals surface area contributed by atoms with E-state index in [1.165, 1.54) is 12.1 Å². The maximum atomic E-state index is 13.0. The Balaban J connectivity index is 1.84. The zero-order valence-corrected chi connectivity index (χ0v) is 17.1. The van der Waals surface area contributed by atoms with Crippen molar-refractivity contribution in [1.82, 2.24) is 9.62 Å². The second kappa shape index (κ2) is 8.97. The van der Waals surface area contributed by atoms with Gasteiger partial charge < -0.3 is 9.64 Å². The van der Waals surface area contributed by atoms with E-state index in [1.807, 2.05) is 30.3 Å². The maximum Gasteiger partial charge on any atom is 0.241 e. The van der Waals surface area contributed by atoms with Crippen molar-refractivity contribution in [1.29, 1.82) is 0 Å². The van der Waals surface area contributed by atoms with Crippen molar-refractivity contribution in [2.24, 2.45) is 0 Å². The zero-order valence-electron chi connectivity index (χ0n) is 14.7. The number of benzene rings is 2. The monoisotopic (exact) mass is 452 g/mol. The van der Waals surface area contributed by atoms with Crippen LogP contribution in [0.5, 0.6) is 0 Å². The topological polar surface area (TPSA) is 75.7 Å². The molecule has 1 atom stereocenters. The first-order valence-electron chi connectivity index (χ1n) is 8.64. The molecule has 2 aromatic rings. The molecule has 0 radical (unpaired) electrons. The van der Waals surface area contributed by atoms with Crippen LogP contribution in [0.4, 0.5) is 0 Å². The van der Waals surface area contributed by atoms with Gasteiger partial charge in [-0.25, -0.2) is 8.42 Å². The summed E-state index contributed by atoms with van der Waals surface area (Å²) in [6, 6.07) is 14.8. The smallest absolute Gasteiger partial charge is 0.241 e. The Hall–Kier alpha value is -1.74. The van der Waals surface area contributed by atoms with Gasteiger partial charge >= 0.3 is 0 Å². The second-order valence-electron chi connectivity index (χ2n) is 6.26. The quantitative estimate of drug-likeness (QED) is 0.728. The molecule has 0 aromatic heterocycles. The summed E-state index contributed by atoms with van der Waals surface area (Å²) >= 11 is 3.29. The zero-order chi connectivity index (χ0) is 19.3. The van der Waals surface area contributed by atoms with Gasteiger partial charge in [-0.15, -0.1) is 0 Å². The Kier molecular flexibility index (Phi) is 6.64. The average molecular weight is 453 g/mol. The van der Waals surface area contributed by atoms with Crippen molar-refractivity contribution in [3.05, 3.63) is 64.6 Å². The summed E-state index contributed by atoms with van der Waals surface area (Å²) in [5.74, 6) is -0.233. The molecule has 1 aliphatic heterocycles. The Bertz CT molecular complexity index is 866. The van der Waals surface area contributed by atoms with Crippen LogP contribution in [-0.2, 0) is 26.0 Å². The lowest BCUT2D eigenvalue weighted by atomic mass is 10.1. The summed E-state index contributed by atoms with van der Waals surface area (Å²) in [7, 11) is -3.83. The van der Waals surface area contributed by atoms with Crippen LogP contribution in [0.15, 0.2) is 64.0 Å². The van der Waals surface area contributed by atoms with Crippen LogP contribution in [0, 0.1) is 0 Å². The van der Waals surface area contributed by atoms with Crippen molar-refractivity contribution in [3.63, 3.8) is 0 Å². The van der Waals surface area contributed by atoms with Crippen LogP contribution < -0.4 is 4.72 Å². The van der Waals surface area contributed by atoms with Gasteiger partial charge in [-0.05, 0) is 36.2 Å².